The highest BCUT2D eigenvalue weighted by atomic mass is 16.5. The standard InChI is InChI=1S/C22H26N8O2/c1-13-9-19(29(27-13)7-4-8-32-3)17-12-28(2)22(26-17)20-15-11-24-30(14-5-6-14)18(15)10-16(25-20)21(23)31/h9-12,14H,4-8H2,1-3H3,(H2,23,31). The number of imidazole rings is 1. The minimum Gasteiger partial charge on any atom is -0.385 e. The van der Waals surface area contributed by atoms with Gasteiger partial charge in [0.25, 0.3) is 5.91 Å². The number of nitrogens with zero attached hydrogens (tertiary/aromatic N) is 7. The number of primary amides is 1. The Hall–Kier alpha value is -3.53. The van der Waals surface area contributed by atoms with Gasteiger partial charge < -0.3 is 15.0 Å². The van der Waals surface area contributed by atoms with Crippen LogP contribution in [0.5, 0.6) is 0 Å². The van der Waals surface area contributed by atoms with Gasteiger partial charge in [0.15, 0.2) is 5.82 Å². The third kappa shape index (κ3) is 3.56. The van der Waals surface area contributed by atoms with Crippen molar-refractivity contribution in [2.24, 2.45) is 12.8 Å². The molecule has 5 rings (SSSR count). The molecule has 10 nitrogen and oxygen atoms in total. The van der Waals surface area contributed by atoms with Crippen LogP contribution in [0.1, 0.15) is 41.5 Å². The van der Waals surface area contributed by atoms with Gasteiger partial charge in [-0.2, -0.15) is 10.2 Å². The third-order valence-electron chi connectivity index (χ3n) is 5.71. The van der Waals surface area contributed by atoms with E-state index in [0.717, 1.165) is 53.8 Å². The summed E-state index contributed by atoms with van der Waals surface area (Å²) in [6.07, 6.45) is 6.77. The number of aromatic nitrogens is 7. The summed E-state index contributed by atoms with van der Waals surface area (Å²) in [6.45, 7) is 3.36. The number of ether oxygens (including phenoxy) is 1. The Balaban J connectivity index is 1.61. The van der Waals surface area contributed by atoms with Crippen LogP contribution < -0.4 is 5.73 Å². The number of amides is 1. The Bertz CT molecular complexity index is 1310. The molecule has 0 saturated heterocycles. The number of fused-ring (bicyclic) bond motifs is 1. The van der Waals surface area contributed by atoms with Crippen LogP contribution >= 0.6 is 0 Å². The van der Waals surface area contributed by atoms with Crippen LogP contribution in [-0.2, 0) is 18.3 Å². The van der Waals surface area contributed by atoms with E-state index in [1.54, 1.807) is 19.4 Å². The van der Waals surface area contributed by atoms with E-state index in [0.29, 0.717) is 24.2 Å². The minimum atomic E-state index is -0.571. The van der Waals surface area contributed by atoms with Gasteiger partial charge in [-0.15, -0.1) is 0 Å². The molecule has 0 atom stereocenters. The van der Waals surface area contributed by atoms with Gasteiger partial charge in [-0.05, 0) is 38.3 Å². The summed E-state index contributed by atoms with van der Waals surface area (Å²) >= 11 is 0. The maximum atomic E-state index is 12.0. The number of methoxy groups -OCH3 is 1. The van der Waals surface area contributed by atoms with E-state index in [1.165, 1.54) is 0 Å². The second-order valence-electron chi connectivity index (χ2n) is 8.27. The Morgan fingerprint density at radius 3 is 2.81 bits per heavy atom. The van der Waals surface area contributed by atoms with E-state index in [4.69, 9.17) is 15.5 Å². The molecule has 0 spiro atoms. The summed E-state index contributed by atoms with van der Waals surface area (Å²) in [4.78, 5) is 21.5. The zero-order valence-electron chi connectivity index (χ0n) is 18.4. The maximum Gasteiger partial charge on any atom is 0.267 e. The number of nitrogens with two attached hydrogens (primary N) is 1. The van der Waals surface area contributed by atoms with Gasteiger partial charge in [-0.3, -0.25) is 14.2 Å². The molecule has 0 aliphatic heterocycles. The van der Waals surface area contributed by atoms with E-state index in [9.17, 15) is 4.79 Å². The van der Waals surface area contributed by atoms with Gasteiger partial charge in [0.05, 0.1) is 29.1 Å². The van der Waals surface area contributed by atoms with Crippen molar-refractivity contribution in [1.82, 2.24) is 34.1 Å². The lowest BCUT2D eigenvalue weighted by molar-refractivity contribution is 0.0996. The van der Waals surface area contributed by atoms with Crippen LogP contribution in [0.3, 0.4) is 0 Å². The van der Waals surface area contributed by atoms with E-state index >= 15 is 0 Å². The molecule has 1 aliphatic rings. The summed E-state index contributed by atoms with van der Waals surface area (Å²) < 4.78 is 11.0. The predicted molar refractivity (Wildman–Crippen MR) is 119 cm³/mol. The topological polar surface area (TPSA) is 119 Å². The molecule has 0 radical (unpaired) electrons. The summed E-state index contributed by atoms with van der Waals surface area (Å²) in [7, 11) is 3.61. The lowest BCUT2D eigenvalue weighted by atomic mass is 10.2. The van der Waals surface area contributed by atoms with Crippen LogP contribution in [0.2, 0.25) is 0 Å². The van der Waals surface area contributed by atoms with E-state index in [-0.39, 0.29) is 5.69 Å². The Labute approximate surface area is 185 Å². The van der Waals surface area contributed by atoms with Crippen LogP contribution in [0.4, 0.5) is 0 Å². The molecule has 1 aliphatic carbocycles. The highest BCUT2D eigenvalue weighted by Crippen LogP contribution is 2.38. The number of aryl methyl sites for hydroxylation is 3. The fourth-order valence-electron chi connectivity index (χ4n) is 4.04. The van der Waals surface area contributed by atoms with Crippen molar-refractivity contribution < 1.29 is 9.53 Å². The molecule has 32 heavy (non-hydrogen) atoms. The molecule has 0 aromatic carbocycles. The molecule has 4 heterocycles. The van der Waals surface area contributed by atoms with Crippen LogP contribution in [-0.4, -0.2) is 53.7 Å². The molecule has 4 aromatic heterocycles. The highest BCUT2D eigenvalue weighted by molar-refractivity contribution is 5.99. The van der Waals surface area contributed by atoms with E-state index in [1.807, 2.05) is 40.2 Å². The average Bonchev–Trinajstić information content (AvgIpc) is 3.22. The van der Waals surface area contributed by atoms with Gasteiger partial charge >= 0.3 is 0 Å². The third-order valence-corrected chi connectivity index (χ3v) is 5.71. The number of hydrogen-bond donors (Lipinski definition) is 1. The molecule has 4 aromatic rings. The van der Waals surface area contributed by atoms with Gasteiger partial charge in [0.2, 0.25) is 0 Å². The van der Waals surface area contributed by atoms with Crippen molar-refractivity contribution >= 4 is 16.8 Å². The molecule has 10 heteroatoms. The number of carbonyl (C=O) groups is 1. The zero-order chi connectivity index (χ0) is 22.4. The van der Waals surface area contributed by atoms with Gasteiger partial charge in [0.1, 0.15) is 17.1 Å². The molecule has 0 unspecified atom stereocenters. The first-order valence-electron chi connectivity index (χ1n) is 10.7. The first-order chi connectivity index (χ1) is 15.5. The van der Waals surface area contributed by atoms with Crippen molar-refractivity contribution in [3.05, 3.63) is 35.9 Å². The second kappa shape index (κ2) is 7.86. The van der Waals surface area contributed by atoms with E-state index < -0.39 is 5.91 Å². The van der Waals surface area contributed by atoms with Gasteiger partial charge in [0, 0.05) is 38.9 Å². The quantitative estimate of drug-likeness (QED) is 0.426. The highest BCUT2D eigenvalue weighted by Gasteiger charge is 2.28. The molecule has 1 amide bonds. The monoisotopic (exact) mass is 434 g/mol. The second-order valence-corrected chi connectivity index (χ2v) is 8.27. The lowest BCUT2D eigenvalue weighted by Crippen LogP contribution is -2.14. The SMILES string of the molecule is COCCCn1nc(C)cc1-c1cn(C)c(-c2nc(C(N)=O)cc3c2cnn3C2CC2)n1. The summed E-state index contributed by atoms with van der Waals surface area (Å²) in [6, 6.07) is 4.11. The van der Waals surface area contributed by atoms with Crippen LogP contribution in [0.15, 0.2) is 24.5 Å². The van der Waals surface area contributed by atoms with Gasteiger partial charge in [-0.1, -0.05) is 0 Å². The Morgan fingerprint density at radius 1 is 1.28 bits per heavy atom. The molecule has 0 bridgehead atoms. The van der Waals surface area contributed by atoms with E-state index in [2.05, 4.69) is 15.2 Å². The predicted octanol–water partition coefficient (Wildman–Crippen LogP) is 2.47. The Morgan fingerprint density at radius 2 is 2.09 bits per heavy atom. The number of rotatable bonds is 8. The normalized spacial score (nSPS) is 13.8. The molecule has 1 saturated carbocycles. The fourth-order valence-corrected chi connectivity index (χ4v) is 4.04. The largest absolute Gasteiger partial charge is 0.385 e. The van der Waals surface area contributed by atoms with Crippen LogP contribution in [0, 0.1) is 6.92 Å². The van der Waals surface area contributed by atoms with Gasteiger partial charge in [-0.25, -0.2) is 9.97 Å². The van der Waals surface area contributed by atoms with Crippen molar-refractivity contribution in [2.45, 2.75) is 38.8 Å². The zero-order valence-corrected chi connectivity index (χ0v) is 18.4. The number of carbonyl (C=O) groups excluding carboxylic acids is 1. The van der Waals surface area contributed by atoms with Crippen LogP contribution in [0.25, 0.3) is 33.8 Å². The van der Waals surface area contributed by atoms with Crippen molar-refractivity contribution in [3.8, 4) is 22.9 Å². The number of hydrogen-bond acceptors (Lipinski definition) is 6. The minimum absolute atomic E-state index is 0.208. The van der Waals surface area contributed by atoms with Crippen molar-refractivity contribution in [1.29, 1.82) is 0 Å². The first-order valence-corrected chi connectivity index (χ1v) is 10.7. The molecular formula is C22H26N8O2. The molecule has 1 fully saturated rings. The Kier molecular flexibility index (Phi) is 5.01. The summed E-state index contributed by atoms with van der Waals surface area (Å²) in [5.74, 6) is 0.0729. The molecule has 2 N–H and O–H groups in total. The summed E-state index contributed by atoms with van der Waals surface area (Å²) in [5.41, 5.74) is 9.90. The maximum absolute atomic E-state index is 12.0. The lowest BCUT2D eigenvalue weighted by Gasteiger charge is -2.07. The summed E-state index contributed by atoms with van der Waals surface area (Å²) in [5, 5.41) is 10.0. The molecule has 166 valence electrons. The van der Waals surface area contributed by atoms with Crippen molar-refractivity contribution in [2.75, 3.05) is 13.7 Å². The first kappa shape index (κ1) is 20.4. The molecular weight excluding hydrogens is 408 g/mol. The number of pyridine rings is 1. The average molecular weight is 435 g/mol. The smallest absolute Gasteiger partial charge is 0.267 e. The fraction of sp³-hybridized carbons (Fsp3) is 0.409. The van der Waals surface area contributed by atoms with Crippen molar-refractivity contribution in [3.63, 3.8) is 0 Å².